The molecule has 2 heterocycles. The van der Waals surface area contributed by atoms with E-state index < -0.39 is 5.60 Å². The van der Waals surface area contributed by atoms with Gasteiger partial charge >= 0.3 is 0 Å². The minimum Gasteiger partial charge on any atom is -0.388 e. The van der Waals surface area contributed by atoms with Crippen LogP contribution in [0, 0.1) is 12.8 Å². The van der Waals surface area contributed by atoms with Gasteiger partial charge < -0.3 is 10.4 Å². The number of hydrogen-bond donors (Lipinski definition) is 2. The lowest BCUT2D eigenvalue weighted by Gasteiger charge is -2.35. The number of fused-ring (bicyclic) bond motifs is 1. The molecule has 3 rings (SSSR count). The first-order chi connectivity index (χ1) is 9.56. The van der Waals surface area contributed by atoms with Crippen LogP contribution in [0.5, 0.6) is 0 Å². The standard InChI is InChI=1S/C14H21N5O/c1-10-3-5-14(20,6-4-10)8-15-12-7-11(2)18-13-16-9-17-19(12)13/h7,9-10,15,20H,3-6,8H2,1-2H3. The monoisotopic (exact) mass is 275 g/mol. The lowest BCUT2D eigenvalue weighted by molar-refractivity contribution is 0.00491. The molecule has 0 spiro atoms. The highest BCUT2D eigenvalue weighted by atomic mass is 16.3. The molecule has 6 heteroatoms. The van der Waals surface area contributed by atoms with Gasteiger partial charge in [0, 0.05) is 18.3 Å². The van der Waals surface area contributed by atoms with Gasteiger partial charge in [-0.3, -0.25) is 0 Å². The molecule has 0 unspecified atom stereocenters. The van der Waals surface area contributed by atoms with Crippen molar-refractivity contribution in [2.75, 3.05) is 11.9 Å². The van der Waals surface area contributed by atoms with Crippen LogP contribution in [0.4, 0.5) is 5.82 Å². The van der Waals surface area contributed by atoms with E-state index in [1.807, 2.05) is 13.0 Å². The Bertz CT molecular complexity index is 601. The SMILES string of the molecule is Cc1cc(NCC2(O)CCC(C)CC2)n2ncnc2n1. The Hall–Kier alpha value is -1.69. The lowest BCUT2D eigenvalue weighted by atomic mass is 9.79. The molecule has 0 bridgehead atoms. The summed E-state index contributed by atoms with van der Waals surface area (Å²) < 4.78 is 1.67. The third kappa shape index (κ3) is 2.60. The van der Waals surface area contributed by atoms with Crippen LogP contribution in [0.15, 0.2) is 12.4 Å². The summed E-state index contributed by atoms with van der Waals surface area (Å²) >= 11 is 0. The Balaban J connectivity index is 1.75. The van der Waals surface area contributed by atoms with E-state index in [0.717, 1.165) is 43.1 Å². The molecule has 0 amide bonds. The second kappa shape index (κ2) is 5.01. The molecule has 0 atom stereocenters. The van der Waals surface area contributed by atoms with Crippen molar-refractivity contribution in [2.45, 2.75) is 45.1 Å². The van der Waals surface area contributed by atoms with Crippen molar-refractivity contribution in [3.63, 3.8) is 0 Å². The summed E-state index contributed by atoms with van der Waals surface area (Å²) in [7, 11) is 0. The molecule has 1 aliphatic carbocycles. The third-order valence-corrected chi connectivity index (χ3v) is 4.18. The van der Waals surface area contributed by atoms with Crippen molar-refractivity contribution in [1.82, 2.24) is 19.6 Å². The van der Waals surface area contributed by atoms with Gasteiger partial charge in [0.25, 0.3) is 5.78 Å². The third-order valence-electron chi connectivity index (χ3n) is 4.18. The van der Waals surface area contributed by atoms with Crippen LogP contribution in [0.3, 0.4) is 0 Å². The fraction of sp³-hybridized carbons (Fsp3) is 0.643. The minimum absolute atomic E-state index is 0.540. The van der Waals surface area contributed by atoms with Crippen molar-refractivity contribution in [2.24, 2.45) is 5.92 Å². The van der Waals surface area contributed by atoms with Crippen LogP contribution >= 0.6 is 0 Å². The first-order valence-corrected chi connectivity index (χ1v) is 7.19. The van der Waals surface area contributed by atoms with Gasteiger partial charge in [0.2, 0.25) is 0 Å². The van der Waals surface area contributed by atoms with Gasteiger partial charge in [-0.2, -0.15) is 14.6 Å². The molecule has 1 fully saturated rings. The van der Waals surface area contributed by atoms with Gasteiger partial charge in [-0.1, -0.05) is 6.92 Å². The van der Waals surface area contributed by atoms with Crippen LogP contribution in [0.1, 0.15) is 38.3 Å². The quantitative estimate of drug-likeness (QED) is 0.893. The highest BCUT2D eigenvalue weighted by molar-refractivity contribution is 5.44. The molecule has 0 radical (unpaired) electrons. The topological polar surface area (TPSA) is 75.3 Å². The van der Waals surface area contributed by atoms with E-state index in [1.165, 1.54) is 6.33 Å². The summed E-state index contributed by atoms with van der Waals surface area (Å²) in [5.41, 5.74) is 0.272. The highest BCUT2D eigenvalue weighted by Gasteiger charge is 2.31. The average molecular weight is 275 g/mol. The normalized spacial score (nSPS) is 26.9. The zero-order valence-electron chi connectivity index (χ0n) is 12.0. The van der Waals surface area contributed by atoms with E-state index in [1.54, 1.807) is 4.52 Å². The van der Waals surface area contributed by atoms with E-state index in [0.29, 0.717) is 12.3 Å². The number of rotatable bonds is 3. The van der Waals surface area contributed by atoms with Crippen LogP contribution < -0.4 is 5.32 Å². The maximum Gasteiger partial charge on any atom is 0.254 e. The Morgan fingerprint density at radius 2 is 2.20 bits per heavy atom. The largest absolute Gasteiger partial charge is 0.388 e. The number of aromatic nitrogens is 4. The highest BCUT2D eigenvalue weighted by Crippen LogP contribution is 2.31. The van der Waals surface area contributed by atoms with Gasteiger partial charge in [0.15, 0.2) is 0 Å². The van der Waals surface area contributed by atoms with Crippen molar-refractivity contribution < 1.29 is 5.11 Å². The van der Waals surface area contributed by atoms with Crippen molar-refractivity contribution >= 4 is 11.6 Å². The van der Waals surface area contributed by atoms with Gasteiger partial charge in [0.05, 0.1) is 5.60 Å². The van der Waals surface area contributed by atoms with E-state index in [4.69, 9.17) is 0 Å². The van der Waals surface area contributed by atoms with Crippen molar-refractivity contribution in [1.29, 1.82) is 0 Å². The van der Waals surface area contributed by atoms with E-state index in [9.17, 15) is 5.11 Å². The molecule has 108 valence electrons. The maximum absolute atomic E-state index is 10.6. The predicted molar refractivity (Wildman–Crippen MR) is 76.6 cm³/mol. The van der Waals surface area contributed by atoms with Gasteiger partial charge in [-0.05, 0) is 38.5 Å². The van der Waals surface area contributed by atoms with Crippen LogP contribution in [-0.2, 0) is 0 Å². The van der Waals surface area contributed by atoms with Gasteiger partial charge in [0.1, 0.15) is 12.1 Å². The van der Waals surface area contributed by atoms with E-state index in [-0.39, 0.29) is 0 Å². The molecule has 1 saturated carbocycles. The predicted octanol–water partition coefficient (Wildman–Crippen LogP) is 1.79. The fourth-order valence-corrected chi connectivity index (χ4v) is 2.79. The molecule has 2 N–H and O–H groups in total. The smallest absolute Gasteiger partial charge is 0.254 e. The molecule has 6 nitrogen and oxygen atoms in total. The second-order valence-electron chi connectivity index (χ2n) is 6.02. The molecule has 1 aliphatic rings. The van der Waals surface area contributed by atoms with Crippen LogP contribution in [0.2, 0.25) is 0 Å². The summed E-state index contributed by atoms with van der Waals surface area (Å²) in [5, 5.41) is 18.1. The van der Waals surface area contributed by atoms with Crippen molar-refractivity contribution in [3.05, 3.63) is 18.1 Å². The number of aryl methyl sites for hydroxylation is 1. The molecule has 2 aromatic rings. The fourth-order valence-electron chi connectivity index (χ4n) is 2.79. The Morgan fingerprint density at radius 3 is 2.95 bits per heavy atom. The summed E-state index contributed by atoms with van der Waals surface area (Å²) in [6.07, 6.45) is 5.37. The van der Waals surface area contributed by atoms with Crippen molar-refractivity contribution in [3.8, 4) is 0 Å². The summed E-state index contributed by atoms with van der Waals surface area (Å²) in [6, 6.07) is 1.93. The lowest BCUT2D eigenvalue weighted by Crippen LogP contribution is -2.40. The summed E-state index contributed by atoms with van der Waals surface area (Å²) in [6.45, 7) is 4.72. The maximum atomic E-state index is 10.6. The van der Waals surface area contributed by atoms with Crippen LogP contribution in [-0.4, -0.2) is 36.8 Å². The Morgan fingerprint density at radius 1 is 1.45 bits per heavy atom. The summed E-state index contributed by atoms with van der Waals surface area (Å²) in [5.74, 6) is 2.13. The molecular formula is C14H21N5O. The van der Waals surface area contributed by atoms with Gasteiger partial charge in [-0.25, -0.2) is 4.98 Å². The summed E-state index contributed by atoms with van der Waals surface area (Å²) in [4.78, 5) is 8.41. The zero-order valence-corrected chi connectivity index (χ0v) is 12.0. The van der Waals surface area contributed by atoms with E-state index >= 15 is 0 Å². The first kappa shape index (κ1) is 13.3. The Kier molecular flexibility index (Phi) is 3.33. The molecule has 0 saturated heterocycles. The number of nitrogens with zero attached hydrogens (tertiary/aromatic N) is 4. The number of nitrogens with one attached hydrogen (secondary N) is 1. The first-order valence-electron chi connectivity index (χ1n) is 7.19. The Labute approximate surface area is 118 Å². The van der Waals surface area contributed by atoms with Gasteiger partial charge in [-0.15, -0.1) is 0 Å². The zero-order chi connectivity index (χ0) is 14.2. The molecule has 20 heavy (non-hydrogen) atoms. The molecule has 0 aromatic carbocycles. The second-order valence-corrected chi connectivity index (χ2v) is 6.02. The number of anilines is 1. The van der Waals surface area contributed by atoms with Crippen LogP contribution in [0.25, 0.3) is 5.78 Å². The molecule has 2 aromatic heterocycles. The average Bonchev–Trinajstić information content (AvgIpc) is 2.88. The van der Waals surface area contributed by atoms with E-state index in [2.05, 4.69) is 27.3 Å². The number of hydrogen-bond acceptors (Lipinski definition) is 5. The molecule has 0 aliphatic heterocycles. The minimum atomic E-state index is -0.614. The molecular weight excluding hydrogens is 254 g/mol. The number of aliphatic hydroxyl groups is 1.